The molecule has 2 fully saturated rings. The molecule has 0 bridgehead atoms. The van der Waals surface area contributed by atoms with Crippen molar-refractivity contribution in [1.29, 1.82) is 0 Å². The van der Waals surface area contributed by atoms with Crippen LogP contribution in [0.15, 0.2) is 0 Å². The summed E-state index contributed by atoms with van der Waals surface area (Å²) in [6.45, 7) is 6.77. The van der Waals surface area contributed by atoms with Gasteiger partial charge in [0.05, 0.1) is 0 Å². The molecule has 0 radical (unpaired) electrons. The van der Waals surface area contributed by atoms with Crippen molar-refractivity contribution >= 4 is 0 Å². The van der Waals surface area contributed by atoms with E-state index in [2.05, 4.69) is 19.2 Å². The van der Waals surface area contributed by atoms with Crippen molar-refractivity contribution in [3.05, 3.63) is 0 Å². The van der Waals surface area contributed by atoms with Gasteiger partial charge in [-0.25, -0.2) is 0 Å². The first-order valence-corrected chi connectivity index (χ1v) is 7.02. The second-order valence-corrected chi connectivity index (χ2v) is 6.19. The van der Waals surface area contributed by atoms with Crippen molar-refractivity contribution in [1.82, 2.24) is 5.32 Å². The predicted octanol–water partition coefficient (Wildman–Crippen LogP) is 3.11. The molecule has 1 aliphatic carbocycles. The highest BCUT2D eigenvalue weighted by Gasteiger charge is 2.33. The van der Waals surface area contributed by atoms with Crippen molar-refractivity contribution in [2.75, 3.05) is 13.2 Å². The average Bonchev–Trinajstić information content (AvgIpc) is 2.49. The molecule has 0 spiro atoms. The minimum absolute atomic E-state index is 0.491. The van der Waals surface area contributed by atoms with Gasteiger partial charge >= 0.3 is 0 Å². The lowest BCUT2D eigenvalue weighted by molar-refractivity contribution is 0.133. The van der Waals surface area contributed by atoms with Gasteiger partial charge in [-0.05, 0) is 37.5 Å². The van der Waals surface area contributed by atoms with Crippen LogP contribution in [0.25, 0.3) is 0 Å². The van der Waals surface area contributed by atoms with Gasteiger partial charge in [-0.1, -0.05) is 26.7 Å². The zero-order valence-corrected chi connectivity index (χ0v) is 10.9. The van der Waals surface area contributed by atoms with Crippen molar-refractivity contribution in [2.24, 2.45) is 5.41 Å². The van der Waals surface area contributed by atoms with E-state index in [1.807, 2.05) is 0 Å². The number of hydrogen-bond donors (Lipinski definition) is 1. The first-order valence-electron chi connectivity index (χ1n) is 7.02. The third-order valence-corrected chi connectivity index (χ3v) is 4.40. The lowest BCUT2D eigenvalue weighted by Crippen LogP contribution is -2.48. The van der Waals surface area contributed by atoms with Crippen LogP contribution in [0.2, 0.25) is 0 Å². The Labute approximate surface area is 100 Å². The first-order chi connectivity index (χ1) is 7.68. The highest BCUT2D eigenvalue weighted by molar-refractivity contribution is 4.90. The fraction of sp³-hybridized carbons (Fsp3) is 1.00. The topological polar surface area (TPSA) is 21.3 Å². The summed E-state index contributed by atoms with van der Waals surface area (Å²) in [5, 5.41) is 3.91. The molecule has 94 valence electrons. The quantitative estimate of drug-likeness (QED) is 0.779. The Morgan fingerprint density at radius 3 is 2.69 bits per heavy atom. The molecule has 2 atom stereocenters. The zero-order chi connectivity index (χ0) is 11.4. The van der Waals surface area contributed by atoms with Crippen LogP contribution in [-0.4, -0.2) is 25.3 Å². The summed E-state index contributed by atoms with van der Waals surface area (Å²) in [6, 6.07) is 1.43. The summed E-state index contributed by atoms with van der Waals surface area (Å²) in [6.07, 6.45) is 9.30. The third-order valence-electron chi connectivity index (χ3n) is 4.40. The van der Waals surface area contributed by atoms with Gasteiger partial charge in [-0.2, -0.15) is 0 Å². The third kappa shape index (κ3) is 3.21. The molecule has 2 unspecified atom stereocenters. The summed E-state index contributed by atoms with van der Waals surface area (Å²) in [7, 11) is 0. The second kappa shape index (κ2) is 5.50. The molecule has 0 aromatic rings. The molecule has 2 rings (SSSR count). The molecule has 2 nitrogen and oxygen atoms in total. The minimum atomic E-state index is 0.491. The van der Waals surface area contributed by atoms with E-state index in [0.717, 1.165) is 19.3 Å². The van der Waals surface area contributed by atoms with E-state index in [1.165, 1.54) is 44.9 Å². The summed E-state index contributed by atoms with van der Waals surface area (Å²) < 4.78 is 5.53. The van der Waals surface area contributed by atoms with Crippen molar-refractivity contribution < 1.29 is 4.74 Å². The van der Waals surface area contributed by atoms with Crippen LogP contribution < -0.4 is 5.32 Å². The Kier molecular flexibility index (Phi) is 4.26. The molecule has 16 heavy (non-hydrogen) atoms. The van der Waals surface area contributed by atoms with Crippen molar-refractivity contribution in [2.45, 2.75) is 70.9 Å². The van der Waals surface area contributed by atoms with Crippen LogP contribution >= 0.6 is 0 Å². The lowest BCUT2D eigenvalue weighted by atomic mass is 9.73. The zero-order valence-electron chi connectivity index (χ0n) is 10.9. The molecule has 1 saturated heterocycles. The van der Waals surface area contributed by atoms with Gasteiger partial charge in [0.1, 0.15) is 0 Å². The standard InChI is InChI=1S/C14H27NO/c1-14(2)9-4-3-7-13(14)15-12-6-5-10-16-11-8-12/h12-13,15H,3-11H2,1-2H3. The number of ether oxygens (including phenoxy) is 1. The second-order valence-electron chi connectivity index (χ2n) is 6.19. The van der Waals surface area contributed by atoms with E-state index in [4.69, 9.17) is 4.74 Å². The van der Waals surface area contributed by atoms with E-state index in [9.17, 15) is 0 Å². The van der Waals surface area contributed by atoms with Gasteiger partial charge in [-0.15, -0.1) is 0 Å². The maximum absolute atomic E-state index is 5.53. The summed E-state index contributed by atoms with van der Waals surface area (Å²) in [4.78, 5) is 0. The summed E-state index contributed by atoms with van der Waals surface area (Å²) >= 11 is 0. The largest absolute Gasteiger partial charge is 0.381 e. The fourth-order valence-corrected chi connectivity index (χ4v) is 3.16. The molecular weight excluding hydrogens is 198 g/mol. The summed E-state index contributed by atoms with van der Waals surface area (Å²) in [5.74, 6) is 0. The number of nitrogens with one attached hydrogen (secondary N) is 1. The fourth-order valence-electron chi connectivity index (χ4n) is 3.16. The van der Waals surface area contributed by atoms with Gasteiger partial charge in [0, 0.05) is 25.3 Å². The number of hydrogen-bond acceptors (Lipinski definition) is 2. The normalized spacial score (nSPS) is 35.6. The van der Waals surface area contributed by atoms with Gasteiger partial charge in [0.15, 0.2) is 0 Å². The molecule has 2 aliphatic rings. The Morgan fingerprint density at radius 1 is 1.00 bits per heavy atom. The van der Waals surface area contributed by atoms with Crippen molar-refractivity contribution in [3.63, 3.8) is 0 Å². The van der Waals surface area contributed by atoms with Gasteiger partial charge in [0.2, 0.25) is 0 Å². The van der Waals surface area contributed by atoms with E-state index >= 15 is 0 Å². The van der Waals surface area contributed by atoms with Crippen LogP contribution in [0.3, 0.4) is 0 Å². The predicted molar refractivity (Wildman–Crippen MR) is 67.6 cm³/mol. The first kappa shape index (κ1) is 12.4. The molecule has 1 aliphatic heterocycles. The van der Waals surface area contributed by atoms with Gasteiger partial charge < -0.3 is 10.1 Å². The molecule has 0 aromatic carbocycles. The average molecular weight is 225 g/mol. The Balaban J connectivity index is 1.86. The molecule has 0 aromatic heterocycles. The highest BCUT2D eigenvalue weighted by atomic mass is 16.5. The summed E-state index contributed by atoms with van der Waals surface area (Å²) in [5.41, 5.74) is 0.491. The molecular formula is C14H27NO. The molecule has 1 saturated carbocycles. The SMILES string of the molecule is CC1(C)CCCCC1NC1CCCOCC1. The van der Waals surface area contributed by atoms with Crippen LogP contribution in [-0.2, 0) is 4.74 Å². The monoisotopic (exact) mass is 225 g/mol. The van der Waals surface area contributed by atoms with E-state index in [1.54, 1.807) is 0 Å². The van der Waals surface area contributed by atoms with Crippen LogP contribution in [0.5, 0.6) is 0 Å². The van der Waals surface area contributed by atoms with Crippen LogP contribution in [0, 0.1) is 5.41 Å². The molecule has 1 heterocycles. The maximum Gasteiger partial charge on any atom is 0.0480 e. The van der Waals surface area contributed by atoms with Crippen molar-refractivity contribution in [3.8, 4) is 0 Å². The number of rotatable bonds is 2. The Bertz CT molecular complexity index is 207. The molecule has 1 N–H and O–H groups in total. The lowest BCUT2D eigenvalue weighted by Gasteiger charge is -2.41. The van der Waals surface area contributed by atoms with Gasteiger partial charge in [0.25, 0.3) is 0 Å². The van der Waals surface area contributed by atoms with E-state index < -0.39 is 0 Å². The molecule has 2 heteroatoms. The Hall–Kier alpha value is -0.0800. The van der Waals surface area contributed by atoms with E-state index in [0.29, 0.717) is 11.5 Å². The van der Waals surface area contributed by atoms with E-state index in [-0.39, 0.29) is 0 Å². The Morgan fingerprint density at radius 2 is 1.88 bits per heavy atom. The molecule has 0 amide bonds. The minimum Gasteiger partial charge on any atom is -0.381 e. The maximum atomic E-state index is 5.53. The van der Waals surface area contributed by atoms with Crippen LogP contribution in [0.1, 0.15) is 58.8 Å². The smallest absolute Gasteiger partial charge is 0.0480 e. The highest BCUT2D eigenvalue weighted by Crippen LogP contribution is 2.36. The van der Waals surface area contributed by atoms with Crippen LogP contribution in [0.4, 0.5) is 0 Å². The van der Waals surface area contributed by atoms with Gasteiger partial charge in [-0.3, -0.25) is 0 Å².